The fourth-order valence-corrected chi connectivity index (χ4v) is 4.08. The third kappa shape index (κ3) is 4.73. The van der Waals surface area contributed by atoms with E-state index in [0.717, 1.165) is 29.9 Å². The molecule has 3 rings (SSSR count). The molecule has 1 aliphatic carbocycles. The summed E-state index contributed by atoms with van der Waals surface area (Å²) in [5.74, 6) is 2.18. The Labute approximate surface area is 161 Å². The second-order valence-electron chi connectivity index (χ2n) is 7.37. The fraction of sp³-hybridized carbons (Fsp3) is 0.619. The molecule has 0 aromatic heterocycles. The minimum atomic E-state index is 0.132. The number of rotatable bonds is 6. The van der Waals surface area contributed by atoms with Gasteiger partial charge in [-0.15, -0.1) is 0 Å². The molecular formula is C21H30N2O4. The summed E-state index contributed by atoms with van der Waals surface area (Å²) in [6.45, 7) is 2.58. The monoisotopic (exact) mass is 374 g/mol. The van der Waals surface area contributed by atoms with Crippen molar-refractivity contribution < 1.29 is 19.1 Å². The minimum Gasteiger partial charge on any atom is -0.497 e. The van der Waals surface area contributed by atoms with Crippen LogP contribution in [-0.2, 0) is 16.0 Å². The third-order valence-electron chi connectivity index (χ3n) is 5.74. The topological polar surface area (TPSA) is 59.1 Å². The number of aryl methyl sites for hydroxylation is 1. The van der Waals surface area contributed by atoms with Crippen molar-refractivity contribution in [3.05, 3.63) is 23.8 Å². The van der Waals surface area contributed by atoms with E-state index in [1.54, 1.807) is 14.2 Å². The predicted octanol–water partition coefficient (Wildman–Crippen LogP) is 2.50. The van der Waals surface area contributed by atoms with Crippen LogP contribution in [0.25, 0.3) is 0 Å². The summed E-state index contributed by atoms with van der Waals surface area (Å²) in [7, 11) is 3.26. The molecule has 1 saturated heterocycles. The van der Waals surface area contributed by atoms with E-state index in [1.807, 2.05) is 28.0 Å². The largest absolute Gasteiger partial charge is 0.497 e. The number of carbonyl (C=O) groups excluding carboxylic acids is 2. The molecule has 0 atom stereocenters. The van der Waals surface area contributed by atoms with Gasteiger partial charge in [-0.1, -0.05) is 12.8 Å². The summed E-state index contributed by atoms with van der Waals surface area (Å²) < 4.78 is 10.7. The van der Waals surface area contributed by atoms with Gasteiger partial charge in [0.1, 0.15) is 11.5 Å². The molecule has 1 aromatic carbocycles. The highest BCUT2D eigenvalue weighted by Crippen LogP contribution is 2.27. The van der Waals surface area contributed by atoms with Gasteiger partial charge < -0.3 is 19.3 Å². The van der Waals surface area contributed by atoms with Gasteiger partial charge in [0, 0.05) is 38.5 Å². The molecule has 0 bridgehead atoms. The van der Waals surface area contributed by atoms with Crippen LogP contribution in [-0.4, -0.2) is 62.0 Å². The summed E-state index contributed by atoms with van der Waals surface area (Å²) in [5, 5.41) is 0. The van der Waals surface area contributed by atoms with E-state index in [-0.39, 0.29) is 11.8 Å². The Bertz CT molecular complexity index is 662. The second-order valence-corrected chi connectivity index (χ2v) is 7.37. The first kappa shape index (κ1) is 19.5. The average Bonchev–Trinajstić information content (AvgIpc) is 3.26. The van der Waals surface area contributed by atoms with Gasteiger partial charge in [0.25, 0.3) is 0 Å². The molecule has 0 radical (unpaired) electrons. The molecule has 1 saturated carbocycles. The summed E-state index contributed by atoms with van der Waals surface area (Å²) in [5.41, 5.74) is 0.972. The first-order valence-electron chi connectivity index (χ1n) is 9.90. The van der Waals surface area contributed by atoms with Gasteiger partial charge in [0.15, 0.2) is 0 Å². The van der Waals surface area contributed by atoms with Crippen LogP contribution in [0, 0.1) is 5.92 Å². The number of methoxy groups -OCH3 is 2. The third-order valence-corrected chi connectivity index (χ3v) is 5.74. The van der Waals surface area contributed by atoms with E-state index in [0.29, 0.717) is 44.9 Å². The Kier molecular flexibility index (Phi) is 6.58. The van der Waals surface area contributed by atoms with Crippen LogP contribution in [0.2, 0.25) is 0 Å². The quantitative estimate of drug-likeness (QED) is 0.768. The van der Waals surface area contributed by atoms with Crippen molar-refractivity contribution in [2.75, 3.05) is 40.4 Å². The van der Waals surface area contributed by atoms with Crippen molar-refractivity contribution in [2.45, 2.75) is 38.5 Å². The molecule has 1 aliphatic heterocycles. The van der Waals surface area contributed by atoms with Crippen LogP contribution >= 0.6 is 0 Å². The van der Waals surface area contributed by atoms with Crippen LogP contribution in [0.1, 0.15) is 37.7 Å². The summed E-state index contributed by atoms with van der Waals surface area (Å²) in [6.07, 6.45) is 5.44. The molecule has 1 heterocycles. The molecule has 27 heavy (non-hydrogen) atoms. The van der Waals surface area contributed by atoms with E-state index < -0.39 is 0 Å². The van der Waals surface area contributed by atoms with Crippen molar-refractivity contribution in [1.82, 2.24) is 9.80 Å². The maximum Gasteiger partial charge on any atom is 0.225 e. The van der Waals surface area contributed by atoms with Crippen LogP contribution in [0.3, 0.4) is 0 Å². The fourth-order valence-electron chi connectivity index (χ4n) is 4.08. The average molecular weight is 374 g/mol. The van der Waals surface area contributed by atoms with Gasteiger partial charge >= 0.3 is 0 Å². The SMILES string of the molecule is COc1ccc(OC)c(CCC(=O)N2CCN(C(=O)C3CCCC3)CC2)c1. The van der Waals surface area contributed by atoms with E-state index in [9.17, 15) is 9.59 Å². The Morgan fingerprint density at radius 3 is 2.30 bits per heavy atom. The van der Waals surface area contributed by atoms with Crippen molar-refractivity contribution in [1.29, 1.82) is 0 Å². The normalized spacial score (nSPS) is 17.9. The van der Waals surface area contributed by atoms with E-state index in [4.69, 9.17) is 9.47 Å². The predicted molar refractivity (Wildman–Crippen MR) is 103 cm³/mol. The van der Waals surface area contributed by atoms with E-state index in [2.05, 4.69) is 0 Å². The Balaban J connectivity index is 1.49. The number of nitrogens with zero attached hydrogens (tertiary/aromatic N) is 2. The molecule has 1 aromatic rings. The van der Waals surface area contributed by atoms with Crippen LogP contribution in [0.15, 0.2) is 18.2 Å². The first-order valence-corrected chi connectivity index (χ1v) is 9.90. The molecule has 0 unspecified atom stereocenters. The molecule has 6 heteroatoms. The lowest BCUT2D eigenvalue weighted by molar-refractivity contribution is -0.142. The highest BCUT2D eigenvalue weighted by atomic mass is 16.5. The lowest BCUT2D eigenvalue weighted by atomic mass is 10.1. The smallest absolute Gasteiger partial charge is 0.225 e. The zero-order valence-corrected chi connectivity index (χ0v) is 16.4. The molecule has 148 valence electrons. The van der Waals surface area contributed by atoms with E-state index >= 15 is 0 Å². The number of amides is 2. The maximum atomic E-state index is 12.6. The number of piperazine rings is 1. The molecule has 0 spiro atoms. The molecule has 2 aliphatic rings. The van der Waals surface area contributed by atoms with Gasteiger partial charge in [-0.25, -0.2) is 0 Å². The zero-order valence-electron chi connectivity index (χ0n) is 16.4. The van der Waals surface area contributed by atoms with Crippen molar-refractivity contribution in [2.24, 2.45) is 5.92 Å². The standard InChI is InChI=1S/C21H30N2O4/c1-26-18-8-9-19(27-2)17(15-18)7-10-20(24)22-11-13-23(14-12-22)21(25)16-5-3-4-6-16/h8-9,15-16H,3-7,10-14H2,1-2H3. The molecule has 2 fully saturated rings. The molecular weight excluding hydrogens is 344 g/mol. The zero-order chi connectivity index (χ0) is 19.2. The van der Waals surface area contributed by atoms with Gasteiger partial charge in [-0.2, -0.15) is 0 Å². The van der Waals surface area contributed by atoms with Crippen molar-refractivity contribution in [3.63, 3.8) is 0 Å². The van der Waals surface area contributed by atoms with Gasteiger partial charge in [0.05, 0.1) is 14.2 Å². The second kappa shape index (κ2) is 9.11. The highest BCUT2D eigenvalue weighted by molar-refractivity contribution is 5.80. The van der Waals surface area contributed by atoms with Crippen molar-refractivity contribution >= 4 is 11.8 Å². The lowest BCUT2D eigenvalue weighted by Crippen LogP contribution is -2.51. The van der Waals surface area contributed by atoms with E-state index in [1.165, 1.54) is 12.8 Å². The van der Waals surface area contributed by atoms with Crippen LogP contribution in [0.4, 0.5) is 0 Å². The number of ether oxygens (including phenoxy) is 2. The number of hydrogen-bond acceptors (Lipinski definition) is 4. The maximum absolute atomic E-state index is 12.6. The Hall–Kier alpha value is -2.24. The van der Waals surface area contributed by atoms with Gasteiger partial charge in [0.2, 0.25) is 11.8 Å². The summed E-state index contributed by atoms with van der Waals surface area (Å²) >= 11 is 0. The summed E-state index contributed by atoms with van der Waals surface area (Å²) in [6, 6.07) is 5.64. The lowest BCUT2D eigenvalue weighted by Gasteiger charge is -2.36. The molecule has 2 amide bonds. The van der Waals surface area contributed by atoms with Crippen LogP contribution in [0.5, 0.6) is 11.5 Å². The van der Waals surface area contributed by atoms with Gasteiger partial charge in [-0.05, 0) is 43.0 Å². The van der Waals surface area contributed by atoms with Crippen molar-refractivity contribution in [3.8, 4) is 11.5 Å². The van der Waals surface area contributed by atoms with Crippen LogP contribution < -0.4 is 9.47 Å². The Morgan fingerprint density at radius 2 is 1.67 bits per heavy atom. The summed E-state index contributed by atoms with van der Waals surface area (Å²) in [4.78, 5) is 29.0. The number of hydrogen-bond donors (Lipinski definition) is 0. The molecule has 6 nitrogen and oxygen atoms in total. The van der Waals surface area contributed by atoms with Gasteiger partial charge in [-0.3, -0.25) is 9.59 Å². The minimum absolute atomic E-state index is 0.132. The Morgan fingerprint density at radius 1 is 1.00 bits per heavy atom. The number of carbonyl (C=O) groups is 2. The first-order chi connectivity index (χ1) is 13.1. The number of benzene rings is 1. The highest BCUT2D eigenvalue weighted by Gasteiger charge is 2.30. The molecule has 0 N–H and O–H groups in total.